The third kappa shape index (κ3) is 2.40. The number of carbonyl (C=O) groups is 1. The second kappa shape index (κ2) is 5.84. The van der Waals surface area contributed by atoms with Crippen molar-refractivity contribution in [2.24, 2.45) is 7.05 Å². The number of hydrogen-bond acceptors (Lipinski definition) is 4. The van der Waals surface area contributed by atoms with Crippen LogP contribution in [0.1, 0.15) is 60.1 Å². The molecule has 1 fully saturated rings. The number of rotatable bonds is 3. The quantitative estimate of drug-likeness (QED) is 0.858. The molecule has 0 radical (unpaired) electrons. The number of carbonyl (C=O) groups excluding carboxylic acids is 1. The number of nitrogens with zero attached hydrogens (tertiary/aromatic N) is 4. The lowest BCUT2D eigenvalue weighted by Crippen LogP contribution is -2.43. The maximum absolute atomic E-state index is 13.2. The number of aromatic nitrogens is 3. The average Bonchev–Trinajstić information content (AvgIpc) is 3.25. The van der Waals surface area contributed by atoms with Gasteiger partial charge in [-0.3, -0.25) is 9.48 Å². The molecule has 24 heavy (non-hydrogen) atoms. The van der Waals surface area contributed by atoms with Crippen molar-refractivity contribution in [2.45, 2.75) is 51.1 Å². The predicted octanol–water partition coefficient (Wildman–Crippen LogP) is 3.46. The van der Waals surface area contributed by atoms with E-state index >= 15 is 0 Å². The Bertz CT molecular complexity index is 804. The van der Waals surface area contributed by atoms with Gasteiger partial charge in [0.25, 0.3) is 5.91 Å². The van der Waals surface area contributed by atoms with Crippen molar-refractivity contribution in [3.8, 4) is 0 Å². The fourth-order valence-corrected chi connectivity index (χ4v) is 4.86. The third-order valence-corrected chi connectivity index (χ3v) is 5.95. The lowest BCUT2D eigenvalue weighted by atomic mass is 9.98. The molecule has 0 saturated carbocycles. The molecule has 0 spiro atoms. The van der Waals surface area contributed by atoms with Gasteiger partial charge in [0.1, 0.15) is 4.88 Å². The monoisotopic (exact) mass is 342 g/mol. The minimum Gasteiger partial charge on any atom is -0.328 e. The maximum Gasteiger partial charge on any atom is 0.266 e. The molecular weight excluding hydrogens is 320 g/mol. The molecule has 2 aromatic heterocycles. The molecule has 0 aliphatic carbocycles. The SMILES string of the molecule is CC(C)c1ncsc1C(=O)N1C2C=C(c3ccnn3C)CC1CC2. The largest absolute Gasteiger partial charge is 0.328 e. The van der Waals surface area contributed by atoms with Gasteiger partial charge in [-0.05, 0) is 36.8 Å². The van der Waals surface area contributed by atoms with E-state index in [0.717, 1.165) is 29.8 Å². The highest BCUT2D eigenvalue weighted by Gasteiger charge is 2.41. The first kappa shape index (κ1) is 15.6. The van der Waals surface area contributed by atoms with Crippen molar-refractivity contribution >= 4 is 22.8 Å². The summed E-state index contributed by atoms with van der Waals surface area (Å²) in [4.78, 5) is 20.5. The standard InChI is InChI=1S/C18H22N4OS/c1-11(2)16-17(24-10-19-16)18(23)22-13-4-5-14(22)9-12(8-13)15-6-7-20-21(15)3/h6-8,10-11,13-14H,4-5,9H2,1-3H3. The Balaban J connectivity index is 1.65. The van der Waals surface area contributed by atoms with E-state index in [0.29, 0.717) is 6.04 Å². The Morgan fingerprint density at radius 3 is 2.88 bits per heavy atom. The van der Waals surface area contributed by atoms with Crippen LogP contribution in [0.2, 0.25) is 0 Å². The molecule has 4 heterocycles. The van der Waals surface area contributed by atoms with Crippen LogP contribution >= 0.6 is 11.3 Å². The summed E-state index contributed by atoms with van der Waals surface area (Å²) >= 11 is 1.48. The highest BCUT2D eigenvalue weighted by molar-refractivity contribution is 7.11. The molecule has 126 valence electrons. The molecule has 2 bridgehead atoms. The van der Waals surface area contributed by atoms with Gasteiger partial charge in [0.05, 0.1) is 22.9 Å². The Morgan fingerprint density at radius 1 is 1.38 bits per heavy atom. The molecule has 6 heteroatoms. The van der Waals surface area contributed by atoms with Gasteiger partial charge in [-0.2, -0.15) is 5.10 Å². The fourth-order valence-electron chi connectivity index (χ4n) is 3.97. The molecule has 2 aromatic rings. The summed E-state index contributed by atoms with van der Waals surface area (Å²) in [5.41, 5.74) is 5.22. The van der Waals surface area contributed by atoms with Gasteiger partial charge in [0.15, 0.2) is 0 Å². The molecule has 0 aromatic carbocycles. The van der Waals surface area contributed by atoms with E-state index in [4.69, 9.17) is 0 Å². The van der Waals surface area contributed by atoms with E-state index < -0.39 is 0 Å². The topological polar surface area (TPSA) is 51.0 Å². The molecule has 1 amide bonds. The van der Waals surface area contributed by atoms with Gasteiger partial charge in [-0.25, -0.2) is 4.98 Å². The van der Waals surface area contributed by atoms with Gasteiger partial charge in [0, 0.05) is 19.3 Å². The van der Waals surface area contributed by atoms with Crippen LogP contribution < -0.4 is 0 Å². The van der Waals surface area contributed by atoms with Crippen LogP contribution in [0, 0.1) is 0 Å². The van der Waals surface area contributed by atoms with E-state index in [-0.39, 0.29) is 17.9 Å². The van der Waals surface area contributed by atoms with Crippen molar-refractivity contribution in [1.29, 1.82) is 0 Å². The van der Waals surface area contributed by atoms with Gasteiger partial charge >= 0.3 is 0 Å². The van der Waals surface area contributed by atoms with Gasteiger partial charge in [0.2, 0.25) is 0 Å². The second-order valence-corrected chi connectivity index (χ2v) is 7.82. The van der Waals surface area contributed by atoms with Gasteiger partial charge in [-0.1, -0.05) is 19.9 Å². The molecule has 2 atom stereocenters. The lowest BCUT2D eigenvalue weighted by molar-refractivity contribution is 0.0695. The highest BCUT2D eigenvalue weighted by atomic mass is 32.1. The van der Waals surface area contributed by atoms with Crippen LogP contribution in [0.5, 0.6) is 0 Å². The summed E-state index contributed by atoms with van der Waals surface area (Å²) in [5, 5.41) is 4.28. The summed E-state index contributed by atoms with van der Waals surface area (Å²) in [6.45, 7) is 4.19. The Morgan fingerprint density at radius 2 is 2.21 bits per heavy atom. The van der Waals surface area contributed by atoms with Crippen LogP contribution in [0.25, 0.3) is 5.57 Å². The number of amides is 1. The van der Waals surface area contributed by atoms with E-state index in [1.54, 1.807) is 5.51 Å². The van der Waals surface area contributed by atoms with E-state index in [9.17, 15) is 4.79 Å². The highest BCUT2D eigenvalue weighted by Crippen LogP contribution is 2.40. The zero-order valence-corrected chi connectivity index (χ0v) is 15.1. The molecule has 2 unspecified atom stereocenters. The molecule has 2 aliphatic rings. The van der Waals surface area contributed by atoms with Crippen LogP contribution in [-0.2, 0) is 7.05 Å². The minimum absolute atomic E-state index is 0.161. The normalized spacial score (nSPS) is 23.0. The summed E-state index contributed by atoms with van der Waals surface area (Å²) in [7, 11) is 1.97. The van der Waals surface area contributed by atoms with E-state index in [1.807, 2.05) is 17.9 Å². The molecule has 2 aliphatic heterocycles. The van der Waals surface area contributed by atoms with Crippen molar-refractivity contribution in [3.05, 3.63) is 40.1 Å². The average molecular weight is 342 g/mol. The maximum atomic E-state index is 13.2. The third-order valence-electron chi connectivity index (χ3n) is 5.12. The van der Waals surface area contributed by atoms with Crippen LogP contribution in [0.15, 0.2) is 23.8 Å². The van der Waals surface area contributed by atoms with Crippen LogP contribution in [-0.4, -0.2) is 37.7 Å². The predicted molar refractivity (Wildman–Crippen MR) is 95.0 cm³/mol. The Hall–Kier alpha value is -1.95. The summed E-state index contributed by atoms with van der Waals surface area (Å²) < 4.78 is 1.92. The summed E-state index contributed by atoms with van der Waals surface area (Å²) in [6.07, 6.45) is 7.14. The molecule has 4 rings (SSSR count). The summed E-state index contributed by atoms with van der Waals surface area (Å²) in [6, 6.07) is 2.55. The molecule has 1 saturated heterocycles. The second-order valence-electron chi connectivity index (χ2n) is 6.97. The van der Waals surface area contributed by atoms with Crippen LogP contribution in [0.4, 0.5) is 0 Å². The number of thiazole rings is 1. The number of hydrogen-bond donors (Lipinski definition) is 0. The zero-order chi connectivity index (χ0) is 16.8. The zero-order valence-electron chi connectivity index (χ0n) is 14.3. The van der Waals surface area contributed by atoms with E-state index in [2.05, 4.69) is 41.0 Å². The first-order valence-corrected chi connectivity index (χ1v) is 9.39. The lowest BCUT2D eigenvalue weighted by Gasteiger charge is -2.34. The first-order chi connectivity index (χ1) is 11.6. The molecular formula is C18H22N4OS. The molecule has 0 N–H and O–H groups in total. The molecule has 5 nitrogen and oxygen atoms in total. The smallest absolute Gasteiger partial charge is 0.266 e. The van der Waals surface area contributed by atoms with Crippen molar-refractivity contribution in [3.63, 3.8) is 0 Å². The van der Waals surface area contributed by atoms with Gasteiger partial charge in [-0.15, -0.1) is 11.3 Å². The number of fused-ring (bicyclic) bond motifs is 2. The van der Waals surface area contributed by atoms with Gasteiger partial charge < -0.3 is 4.90 Å². The van der Waals surface area contributed by atoms with E-state index in [1.165, 1.54) is 22.6 Å². The summed E-state index contributed by atoms with van der Waals surface area (Å²) in [5.74, 6) is 0.437. The van der Waals surface area contributed by atoms with Crippen molar-refractivity contribution < 1.29 is 4.79 Å². The number of aryl methyl sites for hydroxylation is 1. The fraction of sp³-hybridized carbons (Fsp3) is 0.500. The van der Waals surface area contributed by atoms with Crippen molar-refractivity contribution in [1.82, 2.24) is 19.7 Å². The Kier molecular flexibility index (Phi) is 3.79. The first-order valence-electron chi connectivity index (χ1n) is 8.51. The Labute approximate surface area is 146 Å². The van der Waals surface area contributed by atoms with Crippen LogP contribution in [0.3, 0.4) is 0 Å². The van der Waals surface area contributed by atoms with Crippen molar-refractivity contribution in [2.75, 3.05) is 0 Å². The minimum atomic E-state index is 0.161.